The summed E-state index contributed by atoms with van der Waals surface area (Å²) >= 11 is 0. The summed E-state index contributed by atoms with van der Waals surface area (Å²) in [5.74, 6) is -1.20. The van der Waals surface area contributed by atoms with Crippen molar-refractivity contribution in [3.63, 3.8) is 0 Å². The third kappa shape index (κ3) is 8.76. The average molecular weight is 549 g/mol. The number of benzene rings is 1. The van der Waals surface area contributed by atoms with Crippen molar-refractivity contribution < 1.29 is 33.4 Å². The number of rotatable bonds is 15. The van der Waals surface area contributed by atoms with E-state index in [0.29, 0.717) is 29.2 Å². The summed E-state index contributed by atoms with van der Waals surface area (Å²) in [5, 5.41) is 2.57. The van der Waals surface area contributed by atoms with Gasteiger partial charge >= 0.3 is 6.03 Å². The van der Waals surface area contributed by atoms with Crippen LogP contribution in [0.25, 0.3) is 0 Å². The van der Waals surface area contributed by atoms with Gasteiger partial charge in [0.25, 0.3) is 0 Å². The third-order valence-electron chi connectivity index (χ3n) is 7.25. The third-order valence-corrected chi connectivity index (χ3v) is 7.25. The Bertz CT molecular complexity index is 969. The lowest BCUT2D eigenvalue weighted by Gasteiger charge is -2.34. The molecule has 1 aliphatic carbocycles. The zero-order valence-electron chi connectivity index (χ0n) is 23.6. The van der Waals surface area contributed by atoms with E-state index in [4.69, 9.17) is 25.7 Å². The minimum atomic E-state index is -1.14. The van der Waals surface area contributed by atoms with Gasteiger partial charge in [-0.05, 0) is 49.3 Å². The standard InChI is InChI=1S/C28H44N4O7/c1-5-6-10-15-32(28(36)31-20(26(30)34)13-14-23(29)33)27(35)24(18-11-8-7-9-12-18)19-16-21(37-2)25(39-4)22(17-19)38-3/h16-18,20,24H,5-15H2,1-4H3,(H2,29,33)(H2,30,34)(H,31,36)/t20-,24?/m1/s1. The number of nitrogens with zero attached hydrogens (tertiary/aromatic N) is 1. The van der Waals surface area contributed by atoms with Crippen LogP contribution in [0.2, 0.25) is 0 Å². The first-order valence-corrected chi connectivity index (χ1v) is 13.7. The molecule has 0 saturated heterocycles. The number of hydrogen-bond donors (Lipinski definition) is 3. The number of carbonyl (C=O) groups is 4. The Kier molecular flexibility index (Phi) is 12.9. The van der Waals surface area contributed by atoms with Gasteiger partial charge in [-0.1, -0.05) is 39.0 Å². The lowest BCUT2D eigenvalue weighted by atomic mass is 9.76. The second kappa shape index (κ2) is 15.8. The van der Waals surface area contributed by atoms with E-state index < -0.39 is 29.8 Å². The molecular weight excluding hydrogens is 504 g/mol. The number of primary amides is 2. The molecule has 1 aliphatic rings. The normalized spacial score (nSPS) is 15.1. The first kappa shape index (κ1) is 31.7. The summed E-state index contributed by atoms with van der Waals surface area (Å²) in [6, 6.07) is 1.66. The Balaban J connectivity index is 2.52. The number of carbonyl (C=O) groups excluding carboxylic acids is 4. The van der Waals surface area contributed by atoms with Crippen molar-refractivity contribution in [1.82, 2.24) is 10.2 Å². The monoisotopic (exact) mass is 548 g/mol. The van der Waals surface area contributed by atoms with E-state index >= 15 is 0 Å². The fourth-order valence-corrected chi connectivity index (χ4v) is 5.16. The lowest BCUT2D eigenvalue weighted by molar-refractivity contribution is -0.132. The Hall–Kier alpha value is -3.50. The van der Waals surface area contributed by atoms with Crippen molar-refractivity contribution in [1.29, 1.82) is 0 Å². The van der Waals surface area contributed by atoms with Gasteiger partial charge in [0.15, 0.2) is 11.5 Å². The van der Waals surface area contributed by atoms with E-state index in [-0.39, 0.29) is 31.2 Å². The molecule has 0 heterocycles. The second-order valence-corrected chi connectivity index (χ2v) is 9.94. The van der Waals surface area contributed by atoms with Gasteiger partial charge < -0.3 is 31.0 Å². The van der Waals surface area contributed by atoms with Crippen molar-refractivity contribution in [3.05, 3.63) is 17.7 Å². The Morgan fingerprint density at radius 1 is 0.974 bits per heavy atom. The highest BCUT2D eigenvalue weighted by Crippen LogP contribution is 2.44. The summed E-state index contributed by atoms with van der Waals surface area (Å²) in [4.78, 5) is 52.3. The quantitative estimate of drug-likeness (QED) is 0.283. The van der Waals surface area contributed by atoms with Crippen molar-refractivity contribution in [3.8, 4) is 17.2 Å². The largest absolute Gasteiger partial charge is 0.493 e. The maximum Gasteiger partial charge on any atom is 0.324 e. The molecular formula is C28H44N4O7. The predicted octanol–water partition coefficient (Wildman–Crippen LogP) is 3.22. The Morgan fingerprint density at radius 3 is 2.08 bits per heavy atom. The van der Waals surface area contributed by atoms with Gasteiger partial charge in [-0.3, -0.25) is 19.3 Å². The summed E-state index contributed by atoms with van der Waals surface area (Å²) in [7, 11) is 4.54. The van der Waals surface area contributed by atoms with Crippen LogP contribution in [-0.2, 0) is 14.4 Å². The van der Waals surface area contributed by atoms with Crippen molar-refractivity contribution in [2.45, 2.75) is 83.1 Å². The molecule has 0 radical (unpaired) electrons. The second-order valence-electron chi connectivity index (χ2n) is 9.94. The van der Waals surface area contributed by atoms with Gasteiger partial charge in [0.1, 0.15) is 6.04 Å². The van der Waals surface area contributed by atoms with Gasteiger partial charge in [0.05, 0.1) is 27.2 Å². The lowest BCUT2D eigenvalue weighted by Crippen LogP contribution is -2.53. The fraction of sp³-hybridized carbons (Fsp3) is 0.643. The first-order chi connectivity index (χ1) is 18.7. The Labute approximate surface area is 230 Å². The molecule has 39 heavy (non-hydrogen) atoms. The number of urea groups is 1. The van der Waals surface area contributed by atoms with E-state index in [0.717, 1.165) is 44.9 Å². The molecule has 0 aliphatic heterocycles. The highest BCUT2D eigenvalue weighted by Gasteiger charge is 2.38. The number of unbranched alkanes of at least 4 members (excludes halogenated alkanes) is 2. The smallest absolute Gasteiger partial charge is 0.324 e. The van der Waals surface area contributed by atoms with Crippen molar-refractivity contribution in [2.24, 2.45) is 17.4 Å². The topological polar surface area (TPSA) is 163 Å². The van der Waals surface area contributed by atoms with Crippen molar-refractivity contribution in [2.75, 3.05) is 27.9 Å². The van der Waals surface area contributed by atoms with Crippen LogP contribution >= 0.6 is 0 Å². The molecule has 1 fully saturated rings. The SMILES string of the molecule is CCCCCN(C(=O)N[C@H](CCC(N)=O)C(N)=O)C(=O)C(c1cc(OC)c(OC)c(OC)c1)C1CCCCC1. The van der Waals surface area contributed by atoms with E-state index in [1.807, 2.05) is 6.92 Å². The van der Waals surface area contributed by atoms with Crippen molar-refractivity contribution >= 4 is 23.8 Å². The molecule has 0 aromatic heterocycles. The number of nitrogens with two attached hydrogens (primary N) is 2. The van der Waals surface area contributed by atoms with Gasteiger partial charge in [-0.15, -0.1) is 0 Å². The van der Waals surface area contributed by atoms with Crippen LogP contribution in [0.1, 0.15) is 82.6 Å². The van der Waals surface area contributed by atoms with E-state index in [1.165, 1.54) is 26.2 Å². The Morgan fingerprint density at radius 2 is 1.59 bits per heavy atom. The summed E-state index contributed by atoms with van der Waals surface area (Å²) in [6.45, 7) is 2.20. The highest BCUT2D eigenvalue weighted by atomic mass is 16.5. The fourth-order valence-electron chi connectivity index (χ4n) is 5.16. The molecule has 2 rings (SSSR count). The molecule has 11 nitrogen and oxygen atoms in total. The van der Waals surface area contributed by atoms with Gasteiger partial charge in [0, 0.05) is 13.0 Å². The molecule has 0 spiro atoms. The van der Waals surface area contributed by atoms with Crippen LogP contribution in [0.5, 0.6) is 17.2 Å². The molecule has 1 aromatic carbocycles. The zero-order chi connectivity index (χ0) is 28.9. The number of hydrogen-bond acceptors (Lipinski definition) is 7. The zero-order valence-corrected chi connectivity index (χ0v) is 23.6. The molecule has 1 saturated carbocycles. The van der Waals surface area contributed by atoms with Gasteiger partial charge in [-0.2, -0.15) is 0 Å². The summed E-state index contributed by atoms with van der Waals surface area (Å²) in [6.07, 6.45) is 6.86. The van der Waals surface area contributed by atoms with Crippen LogP contribution in [0.15, 0.2) is 12.1 Å². The molecule has 11 heteroatoms. The number of methoxy groups -OCH3 is 3. The predicted molar refractivity (Wildman–Crippen MR) is 147 cm³/mol. The summed E-state index contributed by atoms with van der Waals surface area (Å²) < 4.78 is 16.6. The minimum absolute atomic E-state index is 0.00247. The molecule has 2 atom stereocenters. The minimum Gasteiger partial charge on any atom is -0.493 e. The first-order valence-electron chi connectivity index (χ1n) is 13.7. The van der Waals surface area contributed by atoms with Crippen LogP contribution < -0.4 is 31.0 Å². The van der Waals surface area contributed by atoms with E-state index in [1.54, 1.807) is 12.1 Å². The maximum absolute atomic E-state index is 14.3. The average Bonchev–Trinajstić information content (AvgIpc) is 2.92. The maximum atomic E-state index is 14.3. The number of amides is 5. The molecule has 1 aromatic rings. The van der Waals surface area contributed by atoms with Gasteiger partial charge in [0.2, 0.25) is 23.5 Å². The molecule has 5 amide bonds. The van der Waals surface area contributed by atoms with Gasteiger partial charge in [-0.25, -0.2) is 4.79 Å². The number of imide groups is 1. The van der Waals surface area contributed by atoms with Crippen LogP contribution in [-0.4, -0.2) is 62.6 Å². The van der Waals surface area contributed by atoms with Crippen LogP contribution in [0.3, 0.4) is 0 Å². The molecule has 1 unspecified atom stereocenters. The summed E-state index contributed by atoms with van der Waals surface area (Å²) in [5.41, 5.74) is 11.4. The van der Waals surface area contributed by atoms with Crippen LogP contribution in [0, 0.1) is 5.92 Å². The van der Waals surface area contributed by atoms with E-state index in [2.05, 4.69) is 5.32 Å². The highest BCUT2D eigenvalue weighted by molar-refractivity contribution is 5.99. The number of ether oxygens (including phenoxy) is 3. The molecule has 218 valence electrons. The molecule has 0 bridgehead atoms. The number of nitrogens with one attached hydrogen (secondary N) is 1. The van der Waals surface area contributed by atoms with Crippen LogP contribution in [0.4, 0.5) is 4.79 Å². The van der Waals surface area contributed by atoms with E-state index in [9.17, 15) is 19.2 Å². The molecule has 5 N–H and O–H groups in total.